The summed E-state index contributed by atoms with van der Waals surface area (Å²) in [6, 6.07) is 13.6. The van der Waals surface area contributed by atoms with Gasteiger partial charge in [-0.05, 0) is 41.8 Å². The van der Waals surface area contributed by atoms with Crippen LogP contribution in [0.4, 0.5) is 13.2 Å². The van der Waals surface area contributed by atoms with E-state index in [2.05, 4.69) is 9.98 Å². The van der Waals surface area contributed by atoms with E-state index in [0.717, 1.165) is 22.4 Å². The first-order valence-corrected chi connectivity index (χ1v) is 11.9. The molecular formula is C28H26F3N3O2. The van der Waals surface area contributed by atoms with Crippen molar-refractivity contribution in [3.8, 4) is 5.75 Å². The summed E-state index contributed by atoms with van der Waals surface area (Å²) >= 11 is 0. The van der Waals surface area contributed by atoms with Crippen molar-refractivity contribution in [3.05, 3.63) is 94.6 Å². The third-order valence-corrected chi connectivity index (χ3v) is 6.76. The Labute approximate surface area is 207 Å². The highest BCUT2D eigenvalue weighted by Crippen LogP contribution is 2.35. The Kier molecular flexibility index (Phi) is 6.62. The van der Waals surface area contributed by atoms with Crippen molar-refractivity contribution in [3.63, 3.8) is 0 Å². The Balaban J connectivity index is 1.32. The first-order chi connectivity index (χ1) is 17.3. The standard InChI is InChI=1S/C28H26F3N3O2/c1-36-26-4-2-3-24(29)23(26)16-34-15-18(13-28(30,31)17-34)11-25(35)20-5-6-21-14-33-27(22(21)12-20)19-7-9-32-10-8-19/h2-10,12,18H,11,13-17H2,1H3. The highest BCUT2D eigenvalue weighted by atomic mass is 19.3. The normalized spacial score (nSPS) is 19.0. The summed E-state index contributed by atoms with van der Waals surface area (Å²) in [4.78, 5) is 23.4. The number of Topliss-reactive ketones (excluding diaryl/α,β-unsaturated/α-hetero) is 1. The number of pyridine rings is 1. The Morgan fingerprint density at radius 2 is 1.97 bits per heavy atom. The molecule has 0 N–H and O–H groups in total. The maximum absolute atomic E-state index is 14.7. The fourth-order valence-corrected chi connectivity index (χ4v) is 5.17. The zero-order valence-electron chi connectivity index (χ0n) is 19.9. The van der Waals surface area contributed by atoms with E-state index in [4.69, 9.17) is 4.74 Å². The second-order valence-electron chi connectivity index (χ2n) is 9.42. The third kappa shape index (κ3) is 5.04. The van der Waals surface area contributed by atoms with Gasteiger partial charge in [0.2, 0.25) is 0 Å². The summed E-state index contributed by atoms with van der Waals surface area (Å²) in [7, 11) is 1.42. The summed E-state index contributed by atoms with van der Waals surface area (Å²) in [5.74, 6) is -3.90. The van der Waals surface area contributed by atoms with Crippen LogP contribution in [0.2, 0.25) is 0 Å². The summed E-state index contributed by atoms with van der Waals surface area (Å²) in [6.45, 7) is 0.304. The first-order valence-electron chi connectivity index (χ1n) is 11.9. The minimum Gasteiger partial charge on any atom is -0.496 e. The average molecular weight is 494 g/mol. The second-order valence-corrected chi connectivity index (χ2v) is 9.42. The monoisotopic (exact) mass is 493 g/mol. The van der Waals surface area contributed by atoms with Crippen molar-refractivity contribution in [1.82, 2.24) is 9.88 Å². The summed E-state index contributed by atoms with van der Waals surface area (Å²) < 4.78 is 49.0. The number of likely N-dealkylation sites (tertiary alicyclic amines) is 1. The number of hydrogen-bond acceptors (Lipinski definition) is 5. The van der Waals surface area contributed by atoms with E-state index >= 15 is 0 Å². The topological polar surface area (TPSA) is 54.8 Å². The molecule has 0 spiro atoms. The molecule has 1 fully saturated rings. The predicted molar refractivity (Wildman–Crippen MR) is 130 cm³/mol. The van der Waals surface area contributed by atoms with Gasteiger partial charge >= 0.3 is 0 Å². The highest BCUT2D eigenvalue weighted by molar-refractivity contribution is 6.16. The number of ether oxygens (including phenoxy) is 1. The number of ketones is 1. The van der Waals surface area contributed by atoms with Crippen molar-refractivity contribution in [2.45, 2.75) is 31.9 Å². The van der Waals surface area contributed by atoms with E-state index in [-0.39, 0.29) is 37.3 Å². The van der Waals surface area contributed by atoms with E-state index in [0.29, 0.717) is 17.9 Å². The zero-order chi connectivity index (χ0) is 25.3. The van der Waals surface area contributed by atoms with Gasteiger partial charge in [-0.3, -0.25) is 19.7 Å². The van der Waals surface area contributed by atoms with Crippen LogP contribution < -0.4 is 4.74 Å². The largest absolute Gasteiger partial charge is 0.496 e. The number of nitrogens with zero attached hydrogens (tertiary/aromatic N) is 3. The maximum atomic E-state index is 14.7. The number of rotatable bonds is 7. The Morgan fingerprint density at radius 3 is 2.75 bits per heavy atom. The molecule has 0 saturated carbocycles. The predicted octanol–water partition coefficient (Wildman–Crippen LogP) is 5.31. The van der Waals surface area contributed by atoms with Crippen molar-refractivity contribution < 1.29 is 22.7 Å². The highest BCUT2D eigenvalue weighted by Gasteiger charge is 2.41. The van der Waals surface area contributed by atoms with Crippen LogP contribution in [0.3, 0.4) is 0 Å². The number of aliphatic imine (C=N–C) groups is 1. The van der Waals surface area contributed by atoms with Gasteiger partial charge in [0.05, 0.1) is 25.9 Å². The van der Waals surface area contributed by atoms with Gasteiger partial charge in [-0.1, -0.05) is 18.2 Å². The molecule has 1 saturated heterocycles. The van der Waals surface area contributed by atoms with E-state index in [1.807, 2.05) is 24.3 Å². The number of fused-ring (bicyclic) bond motifs is 1. The van der Waals surface area contributed by atoms with E-state index in [9.17, 15) is 18.0 Å². The first kappa shape index (κ1) is 24.2. The molecule has 1 aromatic heterocycles. The van der Waals surface area contributed by atoms with Gasteiger partial charge in [-0.2, -0.15) is 0 Å². The van der Waals surface area contributed by atoms with Crippen LogP contribution in [0.5, 0.6) is 5.75 Å². The van der Waals surface area contributed by atoms with Gasteiger partial charge in [0.1, 0.15) is 11.6 Å². The van der Waals surface area contributed by atoms with Crippen LogP contribution in [-0.4, -0.2) is 47.5 Å². The molecule has 3 heterocycles. The molecule has 2 aliphatic rings. The molecule has 0 aliphatic carbocycles. The molecule has 5 rings (SSSR count). The number of carbonyl (C=O) groups excluding carboxylic acids is 1. The van der Waals surface area contributed by atoms with Crippen LogP contribution in [0.1, 0.15) is 45.5 Å². The molecule has 1 unspecified atom stereocenters. The fraction of sp³-hybridized carbons (Fsp3) is 0.321. The van der Waals surface area contributed by atoms with Crippen molar-refractivity contribution >= 4 is 11.5 Å². The SMILES string of the molecule is COc1cccc(F)c1CN1CC(CC(=O)c2ccc3c(c2)C(c2ccncc2)=NC3)CC(F)(F)C1. The van der Waals surface area contributed by atoms with Crippen molar-refractivity contribution in [1.29, 1.82) is 0 Å². The molecule has 186 valence electrons. The van der Waals surface area contributed by atoms with Crippen LogP contribution in [0, 0.1) is 11.7 Å². The van der Waals surface area contributed by atoms with Gasteiger partial charge in [0.25, 0.3) is 5.92 Å². The molecule has 0 radical (unpaired) electrons. The Hall–Kier alpha value is -3.52. The number of carbonyl (C=O) groups is 1. The molecule has 2 aliphatic heterocycles. The molecule has 0 bridgehead atoms. The second kappa shape index (κ2) is 9.85. The number of methoxy groups -OCH3 is 1. The fourth-order valence-electron chi connectivity index (χ4n) is 5.17. The van der Waals surface area contributed by atoms with E-state index in [1.165, 1.54) is 24.1 Å². The molecule has 5 nitrogen and oxygen atoms in total. The van der Waals surface area contributed by atoms with E-state index < -0.39 is 24.2 Å². The lowest BCUT2D eigenvalue weighted by atomic mass is 9.88. The number of benzene rings is 2. The zero-order valence-corrected chi connectivity index (χ0v) is 19.9. The Morgan fingerprint density at radius 1 is 1.17 bits per heavy atom. The minimum absolute atomic E-state index is 0.0129. The molecule has 36 heavy (non-hydrogen) atoms. The summed E-state index contributed by atoms with van der Waals surface area (Å²) in [5.41, 5.74) is 4.34. The quantitative estimate of drug-likeness (QED) is 0.419. The summed E-state index contributed by atoms with van der Waals surface area (Å²) in [5, 5.41) is 0. The van der Waals surface area contributed by atoms with Gasteiger partial charge in [-0.15, -0.1) is 0 Å². The van der Waals surface area contributed by atoms with Crippen LogP contribution >= 0.6 is 0 Å². The van der Waals surface area contributed by atoms with Crippen LogP contribution in [0.25, 0.3) is 0 Å². The Bertz CT molecular complexity index is 1310. The molecule has 1 atom stereocenters. The lowest BCUT2D eigenvalue weighted by Crippen LogP contribution is -2.47. The van der Waals surface area contributed by atoms with Crippen LogP contribution in [0.15, 0.2) is 65.9 Å². The van der Waals surface area contributed by atoms with Gasteiger partial charge in [-0.25, -0.2) is 13.2 Å². The van der Waals surface area contributed by atoms with Crippen LogP contribution in [-0.2, 0) is 13.1 Å². The molecule has 3 aromatic rings. The molecule has 0 amide bonds. The van der Waals surface area contributed by atoms with Crippen molar-refractivity contribution in [2.24, 2.45) is 10.9 Å². The average Bonchev–Trinajstić information content (AvgIpc) is 3.28. The third-order valence-electron chi connectivity index (χ3n) is 6.76. The number of halogens is 3. The minimum atomic E-state index is -2.97. The maximum Gasteiger partial charge on any atom is 0.260 e. The number of aromatic nitrogens is 1. The molecule has 8 heteroatoms. The lowest BCUT2D eigenvalue weighted by molar-refractivity contribution is -0.0866. The van der Waals surface area contributed by atoms with Gasteiger partial charge in [0, 0.05) is 60.6 Å². The van der Waals surface area contributed by atoms with Gasteiger partial charge < -0.3 is 4.74 Å². The molecule has 2 aromatic carbocycles. The molecular weight excluding hydrogens is 467 g/mol. The van der Waals surface area contributed by atoms with E-state index in [1.54, 1.807) is 24.5 Å². The smallest absolute Gasteiger partial charge is 0.260 e. The summed E-state index contributed by atoms with van der Waals surface area (Å²) in [6.07, 6.45) is 2.99. The van der Waals surface area contributed by atoms with Gasteiger partial charge in [0.15, 0.2) is 5.78 Å². The number of piperidine rings is 1. The number of hydrogen-bond donors (Lipinski definition) is 0. The van der Waals surface area contributed by atoms with Crippen molar-refractivity contribution in [2.75, 3.05) is 20.2 Å². The lowest BCUT2D eigenvalue weighted by Gasteiger charge is -2.37. The number of alkyl halides is 2.